The van der Waals surface area contributed by atoms with Crippen molar-refractivity contribution in [2.75, 3.05) is 11.9 Å². The number of hydrogen-bond acceptors (Lipinski definition) is 7. The van der Waals surface area contributed by atoms with E-state index in [0.29, 0.717) is 24.4 Å². The van der Waals surface area contributed by atoms with Crippen LogP contribution in [0.15, 0.2) is 85.2 Å². The molecule has 2 heterocycles. The van der Waals surface area contributed by atoms with Crippen LogP contribution >= 0.6 is 0 Å². The molecule has 5 N–H and O–H groups in total. The number of nitrogens with one attached hydrogen (secondary N) is 2. The van der Waals surface area contributed by atoms with Gasteiger partial charge in [0.05, 0.1) is 30.1 Å². The Morgan fingerprint density at radius 1 is 0.970 bits per heavy atom. The normalized spacial score (nSPS) is 10.2. The zero-order valence-corrected chi connectivity index (χ0v) is 17.5. The van der Waals surface area contributed by atoms with E-state index in [9.17, 15) is 19.5 Å². The third-order valence-electron chi connectivity index (χ3n) is 3.86. The first-order valence-corrected chi connectivity index (χ1v) is 9.80. The summed E-state index contributed by atoms with van der Waals surface area (Å²) in [5.74, 6) is -2.07. The van der Waals surface area contributed by atoms with Crippen molar-refractivity contribution in [1.29, 1.82) is 0 Å². The fraction of sp³-hybridized carbons (Fsp3) is 0.0870. The summed E-state index contributed by atoms with van der Waals surface area (Å²) in [5, 5.41) is 25.1. The third-order valence-corrected chi connectivity index (χ3v) is 3.86. The van der Waals surface area contributed by atoms with E-state index >= 15 is 0 Å². The largest absolute Gasteiger partial charge is 0.545 e. The van der Waals surface area contributed by atoms with Gasteiger partial charge >= 0.3 is 5.97 Å². The lowest BCUT2D eigenvalue weighted by Gasteiger charge is -2.06. The third kappa shape index (κ3) is 11.0. The summed E-state index contributed by atoms with van der Waals surface area (Å²) >= 11 is 0. The Morgan fingerprint density at radius 3 is 2.30 bits per heavy atom. The van der Waals surface area contributed by atoms with Crippen molar-refractivity contribution in [1.82, 2.24) is 15.3 Å². The number of anilines is 1. The number of quaternary nitrogens is 1. The quantitative estimate of drug-likeness (QED) is 0.264. The number of hydrogen-bond donors (Lipinski definition) is 4. The lowest BCUT2D eigenvalue weighted by molar-refractivity contribution is -0.483. The summed E-state index contributed by atoms with van der Waals surface area (Å²) in [6.45, 7) is 0.770. The zero-order chi connectivity index (χ0) is 23.9. The molecule has 3 aromatic rings. The molecule has 1 aromatic carbocycles. The summed E-state index contributed by atoms with van der Waals surface area (Å²) in [5.41, 5.74) is 2.66. The number of nitrogens with two attached hydrogens (primary N) is 1. The van der Waals surface area contributed by atoms with Gasteiger partial charge in [-0.15, -0.1) is 0 Å². The Bertz CT molecular complexity index is 1040. The van der Waals surface area contributed by atoms with Gasteiger partial charge in [0, 0.05) is 24.9 Å². The van der Waals surface area contributed by atoms with Crippen molar-refractivity contribution in [3.63, 3.8) is 0 Å². The molecule has 0 fully saturated rings. The molecule has 0 spiro atoms. The first-order valence-electron chi connectivity index (χ1n) is 9.80. The van der Waals surface area contributed by atoms with Gasteiger partial charge in [0.15, 0.2) is 0 Å². The van der Waals surface area contributed by atoms with Crippen molar-refractivity contribution in [2.45, 2.75) is 6.54 Å². The zero-order valence-electron chi connectivity index (χ0n) is 17.5. The minimum absolute atomic E-state index is 0.113. The van der Waals surface area contributed by atoms with Gasteiger partial charge < -0.3 is 25.6 Å². The first-order chi connectivity index (χ1) is 15.9. The average molecular weight is 449 g/mol. The Kier molecular flexibility index (Phi) is 10.4. The molecule has 0 radical (unpaired) electrons. The molecule has 170 valence electrons. The number of aliphatic carboxylic acids is 2. The van der Waals surface area contributed by atoms with E-state index in [0.717, 1.165) is 17.2 Å². The maximum absolute atomic E-state index is 11.9. The first kappa shape index (κ1) is 24.9. The van der Waals surface area contributed by atoms with E-state index in [-0.39, 0.29) is 12.5 Å². The number of amides is 1. The fourth-order valence-corrected chi connectivity index (χ4v) is 2.44. The molecule has 0 atom stereocenters. The number of aromatic nitrogens is 2. The molecule has 0 aliphatic rings. The SMILES string of the molecule is O=C(CNCc1ccccn1)Nc1ccc([NH2+]c2ccccc2)nc1.O=C([O-])/C=C/C(=O)O. The number of carboxylic acid groups (broad SMARTS) is 2. The number of carbonyl (C=O) groups is 3. The van der Waals surface area contributed by atoms with Crippen LogP contribution in [-0.4, -0.2) is 39.5 Å². The van der Waals surface area contributed by atoms with Crippen LogP contribution in [0, 0.1) is 0 Å². The molecule has 33 heavy (non-hydrogen) atoms. The van der Waals surface area contributed by atoms with E-state index in [1.54, 1.807) is 12.4 Å². The summed E-state index contributed by atoms with van der Waals surface area (Å²) in [6, 6.07) is 19.4. The number of pyridine rings is 2. The Labute approximate surface area is 190 Å². The van der Waals surface area contributed by atoms with Crippen LogP contribution < -0.4 is 21.1 Å². The standard InChI is InChI=1S/C19H19N5O.C4H4O4/c25-19(14-20-12-16-8-4-5-11-21-16)24-17-9-10-18(22-13-17)23-15-6-2-1-3-7-15;5-3(6)1-2-4(7)8/h1-11,13,20H,12,14H2,(H,22,23)(H,24,25);1-2H,(H,5,6)(H,7,8)/b;2-1+. The summed E-state index contributed by atoms with van der Waals surface area (Å²) in [7, 11) is 0. The second kappa shape index (κ2) is 13.8. The maximum Gasteiger partial charge on any atom is 0.328 e. The van der Waals surface area contributed by atoms with Gasteiger partial charge in [-0.1, -0.05) is 24.3 Å². The number of carboxylic acids is 2. The highest BCUT2D eigenvalue weighted by molar-refractivity contribution is 5.92. The number of benzene rings is 1. The van der Waals surface area contributed by atoms with Crippen LogP contribution in [0.3, 0.4) is 0 Å². The van der Waals surface area contributed by atoms with E-state index in [4.69, 9.17) is 5.11 Å². The van der Waals surface area contributed by atoms with Gasteiger partial charge in [0.25, 0.3) is 0 Å². The molecule has 2 aromatic heterocycles. The van der Waals surface area contributed by atoms with Crippen LogP contribution in [0.5, 0.6) is 0 Å². The topological polar surface area (TPSA) is 161 Å². The lowest BCUT2D eigenvalue weighted by atomic mass is 10.3. The van der Waals surface area contributed by atoms with Gasteiger partial charge in [-0.05, 0) is 36.4 Å². The number of para-hydroxylation sites is 1. The van der Waals surface area contributed by atoms with Gasteiger partial charge in [-0.25, -0.2) is 9.78 Å². The van der Waals surface area contributed by atoms with E-state index in [2.05, 4.69) is 20.6 Å². The molecule has 0 aliphatic heterocycles. The van der Waals surface area contributed by atoms with Crippen molar-refractivity contribution in [3.05, 3.63) is 90.9 Å². The van der Waals surface area contributed by atoms with Crippen LogP contribution in [0.1, 0.15) is 5.69 Å². The van der Waals surface area contributed by atoms with Crippen LogP contribution in [0.2, 0.25) is 0 Å². The molecule has 0 bridgehead atoms. The molecule has 1 amide bonds. The summed E-state index contributed by atoms with van der Waals surface area (Å²) < 4.78 is 0. The fourth-order valence-electron chi connectivity index (χ4n) is 2.44. The van der Waals surface area contributed by atoms with E-state index < -0.39 is 11.9 Å². The minimum atomic E-state index is -1.51. The van der Waals surface area contributed by atoms with Crippen LogP contribution in [0.4, 0.5) is 17.2 Å². The smallest absolute Gasteiger partial charge is 0.328 e. The Balaban J connectivity index is 0.000000414. The number of nitrogens with zero attached hydrogens (tertiary/aromatic N) is 2. The molecule has 10 nitrogen and oxygen atoms in total. The molecule has 0 saturated carbocycles. The van der Waals surface area contributed by atoms with Gasteiger partial charge in [0.1, 0.15) is 5.69 Å². The molecule has 0 unspecified atom stereocenters. The molecule has 10 heteroatoms. The van der Waals surface area contributed by atoms with E-state index in [1.165, 1.54) is 0 Å². The van der Waals surface area contributed by atoms with Crippen molar-refractivity contribution in [3.8, 4) is 0 Å². The molecular formula is C23H23N5O5. The second-order valence-electron chi connectivity index (χ2n) is 6.49. The molecular weight excluding hydrogens is 426 g/mol. The van der Waals surface area contributed by atoms with Crippen LogP contribution in [0.25, 0.3) is 0 Å². The Morgan fingerprint density at radius 2 is 1.73 bits per heavy atom. The highest BCUT2D eigenvalue weighted by Crippen LogP contribution is 2.08. The van der Waals surface area contributed by atoms with Crippen molar-refractivity contribution >= 4 is 35.0 Å². The van der Waals surface area contributed by atoms with Gasteiger partial charge in [-0.2, -0.15) is 0 Å². The second-order valence-corrected chi connectivity index (χ2v) is 6.49. The van der Waals surface area contributed by atoms with Crippen molar-refractivity contribution < 1.29 is 29.9 Å². The predicted octanol–water partition coefficient (Wildman–Crippen LogP) is 0.109. The highest BCUT2D eigenvalue weighted by Gasteiger charge is 2.05. The monoisotopic (exact) mass is 449 g/mol. The number of carbonyl (C=O) groups excluding carboxylic acids is 2. The van der Waals surface area contributed by atoms with Crippen LogP contribution in [-0.2, 0) is 20.9 Å². The van der Waals surface area contributed by atoms with Gasteiger partial charge in [0.2, 0.25) is 11.7 Å². The van der Waals surface area contributed by atoms with Crippen molar-refractivity contribution in [2.24, 2.45) is 0 Å². The summed E-state index contributed by atoms with van der Waals surface area (Å²) in [6.07, 6.45) is 4.33. The molecule has 3 rings (SSSR count). The van der Waals surface area contributed by atoms with E-state index in [1.807, 2.05) is 66.0 Å². The average Bonchev–Trinajstić information content (AvgIpc) is 2.81. The predicted molar refractivity (Wildman–Crippen MR) is 118 cm³/mol. The van der Waals surface area contributed by atoms with Gasteiger partial charge in [-0.3, -0.25) is 15.1 Å². The maximum atomic E-state index is 11.9. The lowest BCUT2D eigenvalue weighted by Crippen LogP contribution is -2.71. The Hall–Kier alpha value is -4.41. The molecule has 0 saturated heterocycles. The summed E-state index contributed by atoms with van der Waals surface area (Å²) in [4.78, 5) is 39.5. The highest BCUT2D eigenvalue weighted by atomic mass is 16.4. The minimum Gasteiger partial charge on any atom is -0.545 e. The molecule has 0 aliphatic carbocycles. The number of rotatable bonds is 9.